The molecule has 0 amide bonds. The number of hydrogen-bond acceptors (Lipinski definition) is 4. The Hall–Kier alpha value is -1.26. The van der Waals surface area contributed by atoms with Gasteiger partial charge in [-0.05, 0) is 31.6 Å². The van der Waals surface area contributed by atoms with Crippen molar-refractivity contribution in [2.45, 2.75) is 42.2 Å². The third kappa shape index (κ3) is 1.29. The highest BCUT2D eigenvalue weighted by Gasteiger charge is 2.68. The quantitative estimate of drug-likeness (QED) is 0.743. The van der Waals surface area contributed by atoms with Crippen LogP contribution in [0.5, 0.6) is 5.75 Å². The van der Waals surface area contributed by atoms with Crippen LogP contribution in [0, 0.1) is 0 Å². The van der Waals surface area contributed by atoms with Crippen LogP contribution in [0.15, 0.2) is 36.4 Å². The van der Waals surface area contributed by atoms with Gasteiger partial charge >= 0.3 is 0 Å². The number of thioether (sulfide) groups is 1. The van der Waals surface area contributed by atoms with E-state index in [0.717, 1.165) is 6.42 Å². The molecular weight excluding hydrogens is 272 g/mol. The van der Waals surface area contributed by atoms with Crippen LogP contribution in [-0.4, -0.2) is 27.7 Å². The van der Waals surface area contributed by atoms with Gasteiger partial charge in [0.2, 0.25) is 0 Å². The van der Waals surface area contributed by atoms with Crippen molar-refractivity contribution >= 4 is 17.5 Å². The summed E-state index contributed by atoms with van der Waals surface area (Å²) in [5.41, 5.74) is 0.104. The van der Waals surface area contributed by atoms with Crippen molar-refractivity contribution in [1.82, 2.24) is 0 Å². The first-order valence-electron chi connectivity index (χ1n) is 6.95. The van der Waals surface area contributed by atoms with E-state index in [1.54, 1.807) is 11.8 Å². The molecule has 0 saturated carbocycles. The minimum Gasteiger partial charge on any atom is -0.485 e. The van der Waals surface area contributed by atoms with E-state index < -0.39 is 10.3 Å². The molecule has 1 aromatic rings. The highest BCUT2D eigenvalue weighted by atomic mass is 32.2. The minimum absolute atomic E-state index is 0.0244. The Kier molecular flexibility index (Phi) is 2.43. The summed E-state index contributed by atoms with van der Waals surface area (Å²) in [5.74, 6) is 0.838. The summed E-state index contributed by atoms with van der Waals surface area (Å²) in [6.07, 6.45) is 4.62. The summed E-state index contributed by atoms with van der Waals surface area (Å²) in [6.45, 7) is 4.10. The number of rotatable bonds is 1. The summed E-state index contributed by atoms with van der Waals surface area (Å²) < 4.78 is 11.5. The van der Waals surface area contributed by atoms with Gasteiger partial charge < -0.3 is 9.47 Å². The van der Waals surface area contributed by atoms with Gasteiger partial charge in [0.05, 0.1) is 5.56 Å². The van der Waals surface area contributed by atoms with Gasteiger partial charge in [-0.1, -0.05) is 25.1 Å². The SMILES string of the molecule is CCC1(C)Oc2ccccc2C(=O)C12SC1C=CC2O1. The number of carbonyl (C=O) groups is 1. The molecule has 1 spiro atoms. The van der Waals surface area contributed by atoms with Crippen molar-refractivity contribution in [3.63, 3.8) is 0 Å². The van der Waals surface area contributed by atoms with Crippen molar-refractivity contribution in [3.05, 3.63) is 42.0 Å². The maximum atomic E-state index is 13.2. The fourth-order valence-electron chi connectivity index (χ4n) is 3.42. The van der Waals surface area contributed by atoms with Crippen LogP contribution in [0.2, 0.25) is 0 Å². The third-order valence-electron chi connectivity index (χ3n) is 4.69. The average Bonchev–Trinajstić information content (AvgIpc) is 3.07. The molecule has 3 aliphatic rings. The highest BCUT2D eigenvalue weighted by molar-refractivity contribution is 8.02. The first kappa shape index (κ1) is 12.5. The second kappa shape index (κ2) is 3.89. The summed E-state index contributed by atoms with van der Waals surface area (Å²) in [4.78, 5) is 13.2. The van der Waals surface area contributed by atoms with E-state index in [0.29, 0.717) is 11.3 Å². The molecule has 1 fully saturated rings. The second-order valence-electron chi connectivity index (χ2n) is 5.68. The maximum Gasteiger partial charge on any atom is 0.189 e. The molecule has 0 radical (unpaired) electrons. The summed E-state index contributed by atoms with van der Waals surface area (Å²) in [5, 5.41) is 0. The minimum atomic E-state index is -0.657. The molecule has 20 heavy (non-hydrogen) atoms. The Morgan fingerprint density at radius 1 is 1.30 bits per heavy atom. The summed E-state index contributed by atoms with van der Waals surface area (Å²) >= 11 is 1.60. The lowest BCUT2D eigenvalue weighted by atomic mass is 9.74. The van der Waals surface area contributed by atoms with Crippen molar-refractivity contribution in [2.75, 3.05) is 0 Å². The molecule has 3 aliphatic heterocycles. The van der Waals surface area contributed by atoms with Crippen LogP contribution in [0.4, 0.5) is 0 Å². The Morgan fingerprint density at radius 2 is 2.10 bits per heavy atom. The molecule has 104 valence electrons. The molecule has 1 aromatic carbocycles. The monoisotopic (exact) mass is 288 g/mol. The standard InChI is InChI=1S/C16H16O3S/c1-3-15(2)16(12-8-9-13(18-12)20-16)14(17)10-6-4-5-7-11(10)19-15/h4-9,12-13H,3H2,1-2H3. The zero-order valence-corrected chi connectivity index (χ0v) is 12.3. The molecule has 4 unspecified atom stereocenters. The smallest absolute Gasteiger partial charge is 0.189 e. The maximum absolute atomic E-state index is 13.2. The lowest BCUT2D eigenvalue weighted by Gasteiger charge is -2.49. The first-order chi connectivity index (χ1) is 9.61. The molecule has 0 N–H and O–H groups in total. The number of benzene rings is 1. The van der Waals surface area contributed by atoms with Gasteiger partial charge in [-0.15, -0.1) is 11.8 Å². The van der Waals surface area contributed by atoms with Crippen LogP contribution in [0.3, 0.4) is 0 Å². The predicted molar refractivity (Wildman–Crippen MR) is 78.2 cm³/mol. The van der Waals surface area contributed by atoms with Gasteiger partial charge in [0.1, 0.15) is 22.9 Å². The molecule has 0 aromatic heterocycles. The van der Waals surface area contributed by atoms with E-state index in [9.17, 15) is 4.79 Å². The van der Waals surface area contributed by atoms with Gasteiger partial charge in [0.15, 0.2) is 10.5 Å². The summed E-state index contributed by atoms with van der Waals surface area (Å²) in [7, 11) is 0. The molecular formula is C16H16O3S. The van der Waals surface area contributed by atoms with E-state index in [1.807, 2.05) is 43.3 Å². The van der Waals surface area contributed by atoms with Crippen LogP contribution < -0.4 is 4.74 Å². The van der Waals surface area contributed by atoms with Gasteiger partial charge in [-0.25, -0.2) is 0 Å². The Labute approximate surface area is 122 Å². The Bertz CT molecular complexity index is 626. The zero-order valence-electron chi connectivity index (χ0n) is 11.5. The first-order valence-corrected chi connectivity index (χ1v) is 7.83. The van der Waals surface area contributed by atoms with Gasteiger partial charge in [-0.2, -0.15) is 0 Å². The highest BCUT2D eigenvalue weighted by Crippen LogP contribution is 2.59. The van der Waals surface area contributed by atoms with Crippen LogP contribution in [-0.2, 0) is 4.74 Å². The molecule has 2 bridgehead atoms. The van der Waals surface area contributed by atoms with E-state index in [-0.39, 0.29) is 17.3 Å². The van der Waals surface area contributed by atoms with Crippen LogP contribution >= 0.6 is 11.8 Å². The van der Waals surface area contributed by atoms with Crippen LogP contribution in [0.1, 0.15) is 30.6 Å². The fraction of sp³-hybridized carbons (Fsp3) is 0.438. The van der Waals surface area contributed by atoms with E-state index >= 15 is 0 Å². The molecule has 4 atom stereocenters. The molecule has 1 saturated heterocycles. The predicted octanol–water partition coefficient (Wildman–Crippen LogP) is 3.20. The Balaban J connectivity index is 1.94. The number of carbonyl (C=O) groups excluding carboxylic acids is 1. The number of ketones is 1. The van der Waals surface area contributed by atoms with Crippen LogP contribution in [0.25, 0.3) is 0 Å². The molecule has 4 rings (SSSR count). The molecule has 3 nitrogen and oxygen atoms in total. The van der Waals surface area contributed by atoms with E-state index in [2.05, 4.69) is 6.92 Å². The van der Waals surface area contributed by atoms with E-state index in [4.69, 9.17) is 9.47 Å². The van der Waals surface area contributed by atoms with Gasteiger partial charge in [-0.3, -0.25) is 4.79 Å². The second-order valence-corrected chi connectivity index (χ2v) is 7.02. The zero-order chi connectivity index (χ0) is 14.0. The average molecular weight is 288 g/mol. The normalized spacial score (nSPS) is 41.0. The van der Waals surface area contributed by atoms with Crippen molar-refractivity contribution in [1.29, 1.82) is 0 Å². The number of Topliss-reactive ketones (excluding diaryl/α,β-unsaturated/α-hetero) is 1. The van der Waals surface area contributed by atoms with Crippen molar-refractivity contribution in [3.8, 4) is 5.75 Å². The lowest BCUT2D eigenvalue weighted by Crippen LogP contribution is -2.65. The number of para-hydroxylation sites is 1. The van der Waals surface area contributed by atoms with Crippen molar-refractivity contribution in [2.24, 2.45) is 0 Å². The van der Waals surface area contributed by atoms with Crippen molar-refractivity contribution < 1.29 is 14.3 Å². The molecule has 4 heteroatoms. The number of fused-ring (bicyclic) bond motifs is 4. The summed E-state index contributed by atoms with van der Waals surface area (Å²) in [6, 6.07) is 7.52. The molecule has 3 heterocycles. The third-order valence-corrected chi connectivity index (χ3v) is 6.41. The van der Waals surface area contributed by atoms with E-state index in [1.165, 1.54) is 0 Å². The lowest BCUT2D eigenvalue weighted by molar-refractivity contribution is -0.0117. The van der Waals surface area contributed by atoms with Gasteiger partial charge in [0.25, 0.3) is 0 Å². The number of ether oxygens (including phenoxy) is 2. The molecule has 0 aliphatic carbocycles. The fourth-order valence-corrected chi connectivity index (χ4v) is 5.05. The topological polar surface area (TPSA) is 35.5 Å². The largest absolute Gasteiger partial charge is 0.485 e. The Morgan fingerprint density at radius 3 is 2.75 bits per heavy atom. The number of hydrogen-bond donors (Lipinski definition) is 0. The van der Waals surface area contributed by atoms with Gasteiger partial charge in [0, 0.05) is 0 Å².